The van der Waals surface area contributed by atoms with E-state index in [0.29, 0.717) is 12.1 Å². The van der Waals surface area contributed by atoms with Crippen LogP contribution in [-0.2, 0) is 4.74 Å². The van der Waals surface area contributed by atoms with E-state index in [1.54, 1.807) is 0 Å². The minimum absolute atomic E-state index is 0.240. The molecular weight excluding hydrogens is 274 g/mol. The number of benzene rings is 1. The van der Waals surface area contributed by atoms with Crippen molar-refractivity contribution in [2.24, 2.45) is 5.73 Å². The number of hydrogen-bond acceptors (Lipinski definition) is 3. The van der Waals surface area contributed by atoms with E-state index in [2.05, 4.69) is 11.8 Å². The third-order valence-electron chi connectivity index (χ3n) is 3.84. The van der Waals surface area contributed by atoms with Gasteiger partial charge in [-0.05, 0) is 31.9 Å². The van der Waals surface area contributed by atoms with E-state index in [1.807, 2.05) is 0 Å². The predicted octanol–water partition coefficient (Wildman–Crippen LogP) is 2.86. The maximum absolute atomic E-state index is 13.7. The smallest absolute Gasteiger partial charge is 0.130 e. The lowest BCUT2D eigenvalue weighted by molar-refractivity contribution is -0.00144. The van der Waals surface area contributed by atoms with Crippen LogP contribution in [0.5, 0.6) is 0 Å². The average Bonchev–Trinajstić information content (AvgIpc) is 2.45. The SMILES string of the molecule is CCCOC1CCCN(CC(N)c2ccc(F)cc2F)C1. The van der Waals surface area contributed by atoms with Crippen molar-refractivity contribution in [3.8, 4) is 0 Å². The van der Waals surface area contributed by atoms with Crippen LogP contribution in [0.15, 0.2) is 18.2 Å². The predicted molar refractivity (Wildman–Crippen MR) is 79.0 cm³/mol. The lowest BCUT2D eigenvalue weighted by Crippen LogP contribution is -2.43. The Morgan fingerprint density at radius 1 is 1.43 bits per heavy atom. The fourth-order valence-corrected chi connectivity index (χ4v) is 2.78. The van der Waals surface area contributed by atoms with E-state index in [9.17, 15) is 8.78 Å². The van der Waals surface area contributed by atoms with Gasteiger partial charge in [-0.3, -0.25) is 4.90 Å². The van der Waals surface area contributed by atoms with Gasteiger partial charge < -0.3 is 10.5 Å². The van der Waals surface area contributed by atoms with Crippen molar-refractivity contribution in [3.05, 3.63) is 35.4 Å². The molecule has 2 N–H and O–H groups in total. The van der Waals surface area contributed by atoms with Gasteiger partial charge in [-0.1, -0.05) is 13.0 Å². The molecule has 1 aromatic rings. The Morgan fingerprint density at radius 2 is 2.24 bits per heavy atom. The first kappa shape index (κ1) is 16.3. The molecule has 2 unspecified atom stereocenters. The molecule has 1 aromatic carbocycles. The van der Waals surface area contributed by atoms with Gasteiger partial charge in [-0.2, -0.15) is 0 Å². The van der Waals surface area contributed by atoms with Crippen molar-refractivity contribution in [2.75, 3.05) is 26.2 Å². The number of rotatable bonds is 6. The summed E-state index contributed by atoms with van der Waals surface area (Å²) in [4.78, 5) is 2.21. The highest BCUT2D eigenvalue weighted by molar-refractivity contribution is 5.22. The fourth-order valence-electron chi connectivity index (χ4n) is 2.78. The molecule has 0 aromatic heterocycles. The minimum atomic E-state index is -0.575. The van der Waals surface area contributed by atoms with Crippen LogP contribution in [0, 0.1) is 11.6 Å². The second-order valence-electron chi connectivity index (χ2n) is 5.67. The molecule has 0 radical (unpaired) electrons. The molecule has 0 bridgehead atoms. The molecule has 0 amide bonds. The second kappa shape index (κ2) is 7.82. The van der Waals surface area contributed by atoms with Gasteiger partial charge in [-0.25, -0.2) is 8.78 Å². The number of piperidine rings is 1. The first-order chi connectivity index (χ1) is 10.1. The Bertz CT molecular complexity index is 456. The first-order valence-corrected chi connectivity index (χ1v) is 7.64. The van der Waals surface area contributed by atoms with E-state index in [-0.39, 0.29) is 6.10 Å². The Kier molecular flexibility index (Phi) is 6.08. The van der Waals surface area contributed by atoms with Gasteiger partial charge in [-0.15, -0.1) is 0 Å². The zero-order valence-corrected chi connectivity index (χ0v) is 12.5. The maximum Gasteiger partial charge on any atom is 0.130 e. The monoisotopic (exact) mass is 298 g/mol. The molecule has 1 heterocycles. The van der Waals surface area contributed by atoms with Crippen LogP contribution in [0.2, 0.25) is 0 Å². The molecule has 1 aliphatic heterocycles. The molecule has 0 saturated carbocycles. The van der Waals surface area contributed by atoms with E-state index in [1.165, 1.54) is 12.1 Å². The zero-order chi connectivity index (χ0) is 15.2. The molecule has 21 heavy (non-hydrogen) atoms. The van der Waals surface area contributed by atoms with Gasteiger partial charge >= 0.3 is 0 Å². The van der Waals surface area contributed by atoms with Crippen molar-refractivity contribution in [1.82, 2.24) is 4.90 Å². The molecule has 0 spiro atoms. The van der Waals surface area contributed by atoms with Crippen molar-refractivity contribution < 1.29 is 13.5 Å². The summed E-state index contributed by atoms with van der Waals surface area (Å²) >= 11 is 0. The maximum atomic E-state index is 13.7. The highest BCUT2D eigenvalue weighted by Gasteiger charge is 2.23. The lowest BCUT2D eigenvalue weighted by Gasteiger charge is -2.34. The van der Waals surface area contributed by atoms with Crippen molar-refractivity contribution in [3.63, 3.8) is 0 Å². The summed E-state index contributed by atoms with van der Waals surface area (Å²) in [5.74, 6) is -1.15. The van der Waals surface area contributed by atoms with Gasteiger partial charge in [0.15, 0.2) is 0 Å². The fraction of sp³-hybridized carbons (Fsp3) is 0.625. The van der Waals surface area contributed by atoms with Crippen molar-refractivity contribution in [2.45, 2.75) is 38.3 Å². The summed E-state index contributed by atoms with van der Waals surface area (Å²) in [7, 11) is 0. The van der Waals surface area contributed by atoms with Crippen LogP contribution in [0.3, 0.4) is 0 Å². The number of likely N-dealkylation sites (tertiary alicyclic amines) is 1. The summed E-state index contributed by atoms with van der Waals surface area (Å²) in [6, 6.07) is 3.13. The van der Waals surface area contributed by atoms with E-state index in [4.69, 9.17) is 10.5 Å². The summed E-state index contributed by atoms with van der Waals surface area (Å²) < 4.78 is 32.4. The Labute approximate surface area is 125 Å². The quantitative estimate of drug-likeness (QED) is 0.877. The highest BCUT2D eigenvalue weighted by Crippen LogP contribution is 2.20. The van der Waals surface area contributed by atoms with Gasteiger partial charge in [0, 0.05) is 37.4 Å². The molecule has 1 saturated heterocycles. The number of halogens is 2. The zero-order valence-electron chi connectivity index (χ0n) is 12.5. The molecule has 1 aliphatic rings. The largest absolute Gasteiger partial charge is 0.377 e. The molecule has 2 rings (SSSR count). The van der Waals surface area contributed by atoms with Crippen LogP contribution < -0.4 is 5.73 Å². The summed E-state index contributed by atoms with van der Waals surface area (Å²) in [6.45, 7) is 5.21. The van der Waals surface area contributed by atoms with E-state index >= 15 is 0 Å². The van der Waals surface area contributed by atoms with Crippen molar-refractivity contribution >= 4 is 0 Å². The third-order valence-corrected chi connectivity index (χ3v) is 3.84. The second-order valence-corrected chi connectivity index (χ2v) is 5.67. The van der Waals surface area contributed by atoms with E-state index < -0.39 is 17.7 Å². The Morgan fingerprint density at radius 3 is 2.95 bits per heavy atom. The van der Waals surface area contributed by atoms with Gasteiger partial charge in [0.25, 0.3) is 0 Å². The van der Waals surface area contributed by atoms with Crippen LogP contribution in [-0.4, -0.2) is 37.2 Å². The summed E-state index contributed by atoms with van der Waals surface area (Å²) in [5.41, 5.74) is 6.45. The average molecular weight is 298 g/mol. The molecule has 2 atom stereocenters. The molecule has 3 nitrogen and oxygen atoms in total. The topological polar surface area (TPSA) is 38.5 Å². The highest BCUT2D eigenvalue weighted by atomic mass is 19.1. The number of hydrogen-bond donors (Lipinski definition) is 1. The number of nitrogens with zero attached hydrogens (tertiary/aromatic N) is 1. The summed E-state index contributed by atoms with van der Waals surface area (Å²) in [5, 5.41) is 0. The molecule has 1 fully saturated rings. The molecular formula is C16H24F2N2O. The van der Waals surface area contributed by atoms with Gasteiger partial charge in [0.2, 0.25) is 0 Å². The third kappa shape index (κ3) is 4.73. The number of nitrogens with two attached hydrogens (primary N) is 1. The van der Waals surface area contributed by atoms with Gasteiger partial charge in [0.05, 0.1) is 6.10 Å². The molecule has 5 heteroatoms. The van der Waals surface area contributed by atoms with E-state index in [0.717, 1.165) is 45.0 Å². The van der Waals surface area contributed by atoms with Gasteiger partial charge in [0.1, 0.15) is 11.6 Å². The Hall–Kier alpha value is -1.04. The van der Waals surface area contributed by atoms with Crippen LogP contribution in [0.25, 0.3) is 0 Å². The number of ether oxygens (including phenoxy) is 1. The standard InChI is InChI=1S/C16H24F2N2O/c1-2-8-21-13-4-3-7-20(10-13)11-16(19)14-6-5-12(17)9-15(14)18/h5-6,9,13,16H,2-4,7-8,10-11,19H2,1H3. The minimum Gasteiger partial charge on any atom is -0.377 e. The molecule has 0 aliphatic carbocycles. The van der Waals surface area contributed by atoms with Crippen LogP contribution in [0.1, 0.15) is 37.8 Å². The normalized spacial score (nSPS) is 21.4. The summed E-state index contributed by atoms with van der Waals surface area (Å²) in [6.07, 6.45) is 3.38. The molecule has 118 valence electrons. The van der Waals surface area contributed by atoms with Crippen molar-refractivity contribution in [1.29, 1.82) is 0 Å². The first-order valence-electron chi connectivity index (χ1n) is 7.64. The lowest BCUT2D eigenvalue weighted by atomic mass is 10.0. The van der Waals surface area contributed by atoms with Crippen LogP contribution >= 0.6 is 0 Å². The van der Waals surface area contributed by atoms with Crippen LogP contribution in [0.4, 0.5) is 8.78 Å². The Balaban J connectivity index is 1.90.